The van der Waals surface area contributed by atoms with Gasteiger partial charge < -0.3 is 9.47 Å². The first-order valence-electron chi connectivity index (χ1n) is 4.38. The Labute approximate surface area is 87.0 Å². The van der Waals surface area contributed by atoms with Gasteiger partial charge in [-0.15, -0.1) is 0 Å². The average Bonchev–Trinajstić information content (AvgIpc) is 2.17. The molecule has 0 saturated heterocycles. The molecule has 0 aromatic carbocycles. The van der Waals surface area contributed by atoms with E-state index < -0.39 is 4.92 Å². The maximum absolute atomic E-state index is 10.5. The number of hydrogen-bond acceptors (Lipinski definition) is 5. The molecule has 0 atom stereocenters. The molecule has 6 heteroatoms. The van der Waals surface area contributed by atoms with Crippen LogP contribution in [0.2, 0.25) is 0 Å². The van der Waals surface area contributed by atoms with Crippen LogP contribution in [0.4, 0.5) is 5.69 Å². The molecule has 0 aliphatic heterocycles. The summed E-state index contributed by atoms with van der Waals surface area (Å²) in [6.45, 7) is 2.47. The first-order valence-corrected chi connectivity index (χ1v) is 4.38. The van der Waals surface area contributed by atoms with Crippen LogP contribution in [-0.4, -0.2) is 30.2 Å². The molecule has 1 heterocycles. The molecule has 0 bridgehead atoms. The number of ether oxygens (including phenoxy) is 2. The molecule has 0 spiro atoms. The predicted octanol–water partition coefficient (Wildman–Crippen LogP) is 1.32. The van der Waals surface area contributed by atoms with E-state index in [2.05, 4.69) is 4.98 Å². The zero-order chi connectivity index (χ0) is 11.3. The molecule has 0 fully saturated rings. The molecule has 0 aliphatic carbocycles. The Morgan fingerprint density at radius 2 is 2.27 bits per heavy atom. The summed E-state index contributed by atoms with van der Waals surface area (Å²) in [6, 6.07) is 1.54. The minimum absolute atomic E-state index is 0.00547. The second-order valence-corrected chi connectivity index (χ2v) is 2.91. The van der Waals surface area contributed by atoms with Crippen molar-refractivity contribution in [2.45, 2.75) is 6.92 Å². The fourth-order valence-electron chi connectivity index (χ4n) is 1.02. The first-order chi connectivity index (χ1) is 7.15. The van der Waals surface area contributed by atoms with Gasteiger partial charge in [0.25, 0.3) is 5.69 Å². The molecule has 0 unspecified atom stereocenters. The van der Waals surface area contributed by atoms with E-state index in [1.165, 1.54) is 12.3 Å². The van der Waals surface area contributed by atoms with E-state index in [-0.39, 0.29) is 5.69 Å². The van der Waals surface area contributed by atoms with Crippen molar-refractivity contribution in [3.8, 4) is 5.88 Å². The fourth-order valence-corrected chi connectivity index (χ4v) is 1.02. The van der Waals surface area contributed by atoms with Gasteiger partial charge >= 0.3 is 0 Å². The molecule has 0 amide bonds. The lowest BCUT2D eigenvalue weighted by molar-refractivity contribution is -0.385. The number of nitrogens with zero attached hydrogens (tertiary/aromatic N) is 2. The molecule has 0 saturated carbocycles. The summed E-state index contributed by atoms with van der Waals surface area (Å²) < 4.78 is 10.00. The SMILES string of the molecule is COCCOc1cc(C)c([N+](=O)[O-])cn1. The van der Waals surface area contributed by atoms with Crippen molar-refractivity contribution in [3.05, 3.63) is 27.9 Å². The minimum atomic E-state index is -0.471. The molecule has 1 aromatic rings. The van der Waals surface area contributed by atoms with Crippen molar-refractivity contribution in [3.63, 3.8) is 0 Å². The van der Waals surface area contributed by atoms with Crippen molar-refractivity contribution in [1.29, 1.82) is 0 Å². The molecule has 0 aliphatic rings. The Bertz CT molecular complexity index is 354. The molecule has 82 valence electrons. The molecule has 15 heavy (non-hydrogen) atoms. The van der Waals surface area contributed by atoms with Crippen LogP contribution in [0.1, 0.15) is 5.56 Å². The van der Waals surface area contributed by atoms with Crippen molar-refractivity contribution in [1.82, 2.24) is 4.98 Å². The lowest BCUT2D eigenvalue weighted by atomic mass is 10.2. The highest BCUT2D eigenvalue weighted by atomic mass is 16.6. The van der Waals surface area contributed by atoms with Crippen LogP contribution in [0.25, 0.3) is 0 Å². The number of rotatable bonds is 5. The Morgan fingerprint density at radius 3 is 2.80 bits per heavy atom. The highest BCUT2D eigenvalue weighted by Crippen LogP contribution is 2.19. The summed E-state index contributed by atoms with van der Waals surface area (Å²) in [7, 11) is 1.57. The summed E-state index contributed by atoms with van der Waals surface area (Å²) in [5, 5.41) is 10.5. The molecule has 0 radical (unpaired) electrons. The van der Waals surface area contributed by atoms with Crippen LogP contribution in [0.5, 0.6) is 5.88 Å². The fraction of sp³-hybridized carbons (Fsp3) is 0.444. The third-order valence-electron chi connectivity index (χ3n) is 1.79. The summed E-state index contributed by atoms with van der Waals surface area (Å²) in [4.78, 5) is 13.8. The quantitative estimate of drug-likeness (QED) is 0.418. The molecule has 6 nitrogen and oxygen atoms in total. The van der Waals surface area contributed by atoms with Crippen LogP contribution in [0.3, 0.4) is 0 Å². The summed E-state index contributed by atoms with van der Waals surface area (Å²) in [5.41, 5.74) is 0.525. The van der Waals surface area contributed by atoms with Crippen LogP contribution < -0.4 is 4.74 Å². The number of pyridine rings is 1. The highest BCUT2D eigenvalue weighted by molar-refractivity contribution is 5.39. The maximum Gasteiger partial charge on any atom is 0.290 e. The van der Waals surface area contributed by atoms with E-state index >= 15 is 0 Å². The summed E-state index contributed by atoms with van der Waals surface area (Å²) in [5.74, 6) is 0.371. The van der Waals surface area contributed by atoms with Gasteiger partial charge in [0.1, 0.15) is 12.8 Å². The lowest BCUT2D eigenvalue weighted by Crippen LogP contribution is -2.05. The average molecular weight is 212 g/mol. The standard InChI is InChI=1S/C9H12N2O4/c1-7-5-9(15-4-3-14-2)10-6-8(7)11(12)13/h5-6H,3-4H2,1-2H3. The number of hydrogen-bond donors (Lipinski definition) is 0. The molecular weight excluding hydrogens is 200 g/mol. The molecule has 1 aromatic heterocycles. The topological polar surface area (TPSA) is 74.5 Å². The number of aromatic nitrogens is 1. The largest absolute Gasteiger partial charge is 0.475 e. The van der Waals surface area contributed by atoms with Gasteiger partial charge in [-0.2, -0.15) is 0 Å². The van der Waals surface area contributed by atoms with Gasteiger partial charge in [0.05, 0.1) is 11.5 Å². The van der Waals surface area contributed by atoms with Crippen molar-refractivity contribution in [2.75, 3.05) is 20.3 Å². The second-order valence-electron chi connectivity index (χ2n) is 2.91. The van der Waals surface area contributed by atoms with Crippen LogP contribution in [-0.2, 0) is 4.74 Å². The van der Waals surface area contributed by atoms with Gasteiger partial charge in [-0.05, 0) is 6.92 Å². The monoisotopic (exact) mass is 212 g/mol. The van der Waals surface area contributed by atoms with Gasteiger partial charge in [-0.1, -0.05) is 0 Å². The van der Waals surface area contributed by atoms with Crippen molar-refractivity contribution in [2.24, 2.45) is 0 Å². The summed E-state index contributed by atoms with van der Waals surface area (Å²) in [6.07, 6.45) is 1.19. The maximum atomic E-state index is 10.5. The zero-order valence-electron chi connectivity index (χ0n) is 8.60. The van der Waals surface area contributed by atoms with Gasteiger partial charge in [-0.25, -0.2) is 4.98 Å². The Hall–Kier alpha value is -1.69. The Kier molecular flexibility index (Phi) is 3.99. The van der Waals surface area contributed by atoms with Gasteiger partial charge in [-0.3, -0.25) is 10.1 Å². The molecular formula is C9H12N2O4. The Morgan fingerprint density at radius 1 is 1.53 bits per heavy atom. The lowest BCUT2D eigenvalue weighted by Gasteiger charge is -2.04. The normalized spacial score (nSPS) is 10.0. The van der Waals surface area contributed by atoms with Crippen molar-refractivity contribution >= 4 is 5.69 Å². The Balaban J connectivity index is 2.69. The predicted molar refractivity (Wildman–Crippen MR) is 53.0 cm³/mol. The van der Waals surface area contributed by atoms with Crippen LogP contribution >= 0.6 is 0 Å². The number of aryl methyl sites for hydroxylation is 1. The van der Waals surface area contributed by atoms with Gasteiger partial charge in [0, 0.05) is 18.7 Å². The summed E-state index contributed by atoms with van der Waals surface area (Å²) >= 11 is 0. The minimum Gasteiger partial charge on any atom is -0.475 e. The van der Waals surface area contributed by atoms with E-state index in [0.29, 0.717) is 24.7 Å². The van der Waals surface area contributed by atoms with E-state index in [1.54, 1.807) is 14.0 Å². The highest BCUT2D eigenvalue weighted by Gasteiger charge is 2.11. The number of methoxy groups -OCH3 is 1. The smallest absolute Gasteiger partial charge is 0.290 e. The number of nitro groups is 1. The molecule has 1 rings (SSSR count). The first kappa shape index (κ1) is 11.4. The van der Waals surface area contributed by atoms with E-state index in [4.69, 9.17) is 9.47 Å². The van der Waals surface area contributed by atoms with E-state index in [9.17, 15) is 10.1 Å². The molecule has 0 N–H and O–H groups in total. The van der Waals surface area contributed by atoms with E-state index in [0.717, 1.165) is 0 Å². The third kappa shape index (κ3) is 3.17. The van der Waals surface area contributed by atoms with E-state index in [1.807, 2.05) is 0 Å². The van der Waals surface area contributed by atoms with Crippen molar-refractivity contribution < 1.29 is 14.4 Å². The second kappa shape index (κ2) is 5.26. The van der Waals surface area contributed by atoms with Gasteiger partial charge in [0.2, 0.25) is 5.88 Å². The third-order valence-corrected chi connectivity index (χ3v) is 1.79. The van der Waals surface area contributed by atoms with Gasteiger partial charge in [0.15, 0.2) is 0 Å². The van der Waals surface area contributed by atoms with Crippen LogP contribution in [0.15, 0.2) is 12.3 Å². The van der Waals surface area contributed by atoms with Crippen LogP contribution in [0, 0.1) is 17.0 Å². The zero-order valence-corrected chi connectivity index (χ0v) is 8.60.